The Labute approximate surface area is 164 Å². The maximum absolute atomic E-state index is 12.6. The van der Waals surface area contributed by atoms with Gasteiger partial charge in [-0.05, 0) is 24.0 Å². The molecule has 1 aromatic heterocycles. The molecular weight excluding hydrogens is 352 g/mol. The molecule has 28 heavy (non-hydrogen) atoms. The summed E-state index contributed by atoms with van der Waals surface area (Å²) in [5, 5.41) is 0. The lowest BCUT2D eigenvalue weighted by Crippen LogP contribution is -2.39. The third kappa shape index (κ3) is 4.52. The number of aromatic amines is 1. The van der Waals surface area contributed by atoms with Crippen LogP contribution in [0.3, 0.4) is 0 Å². The molecule has 1 heterocycles. The van der Waals surface area contributed by atoms with Crippen LogP contribution >= 0.6 is 0 Å². The van der Waals surface area contributed by atoms with E-state index in [9.17, 15) is 9.59 Å². The second-order valence-corrected chi connectivity index (χ2v) is 6.79. The third-order valence-corrected chi connectivity index (χ3v) is 4.72. The van der Waals surface area contributed by atoms with Crippen molar-refractivity contribution in [3.8, 4) is 0 Å². The molecule has 0 spiro atoms. The van der Waals surface area contributed by atoms with Crippen molar-refractivity contribution >= 4 is 11.5 Å². The number of hydrogen-bond donors (Lipinski definition) is 2. The van der Waals surface area contributed by atoms with Gasteiger partial charge in [0.2, 0.25) is 0 Å². The number of nitrogens with zero attached hydrogens (tertiary/aromatic N) is 2. The number of benzene rings is 2. The molecule has 0 aliphatic carbocycles. The standard InChI is InChI=1S/C22H26N4O2/c1-2-14-25(15-13-17-9-5-3-6-10-17)19-20(23)26(22(28)24-21(19)27)16-18-11-7-4-8-12-18/h3-12H,2,13-16,23H2,1H3,(H,24,27,28). The first kappa shape index (κ1) is 19.5. The van der Waals surface area contributed by atoms with Crippen molar-refractivity contribution in [2.45, 2.75) is 26.3 Å². The molecule has 0 atom stereocenters. The molecule has 3 N–H and O–H groups in total. The van der Waals surface area contributed by atoms with Gasteiger partial charge in [0.05, 0.1) is 6.54 Å². The second-order valence-electron chi connectivity index (χ2n) is 6.79. The van der Waals surface area contributed by atoms with Crippen molar-refractivity contribution in [3.63, 3.8) is 0 Å². The van der Waals surface area contributed by atoms with Crippen LogP contribution in [0, 0.1) is 0 Å². The minimum Gasteiger partial charge on any atom is -0.383 e. The average Bonchev–Trinajstić information content (AvgIpc) is 2.71. The van der Waals surface area contributed by atoms with Crippen LogP contribution in [0.5, 0.6) is 0 Å². The van der Waals surface area contributed by atoms with Gasteiger partial charge in [-0.1, -0.05) is 67.6 Å². The van der Waals surface area contributed by atoms with Crippen molar-refractivity contribution in [1.82, 2.24) is 9.55 Å². The summed E-state index contributed by atoms with van der Waals surface area (Å²) in [6.45, 7) is 3.70. The van der Waals surface area contributed by atoms with Crippen molar-refractivity contribution in [2.24, 2.45) is 0 Å². The Morgan fingerprint density at radius 2 is 1.54 bits per heavy atom. The molecule has 0 amide bonds. The Balaban J connectivity index is 1.94. The van der Waals surface area contributed by atoms with Crippen LogP contribution in [0.2, 0.25) is 0 Å². The van der Waals surface area contributed by atoms with Crippen molar-refractivity contribution in [3.05, 3.63) is 92.6 Å². The maximum Gasteiger partial charge on any atom is 0.330 e. The van der Waals surface area contributed by atoms with Gasteiger partial charge < -0.3 is 10.6 Å². The third-order valence-electron chi connectivity index (χ3n) is 4.72. The molecule has 0 radical (unpaired) electrons. The van der Waals surface area contributed by atoms with Crippen molar-refractivity contribution in [1.29, 1.82) is 0 Å². The predicted molar refractivity (Wildman–Crippen MR) is 114 cm³/mol. The summed E-state index contributed by atoms with van der Waals surface area (Å²) in [6.07, 6.45) is 1.66. The van der Waals surface area contributed by atoms with E-state index in [0.717, 1.165) is 18.4 Å². The number of aromatic nitrogens is 2. The number of H-pyrrole nitrogens is 1. The first-order valence-electron chi connectivity index (χ1n) is 9.55. The molecule has 0 aliphatic rings. The van der Waals surface area contributed by atoms with Gasteiger partial charge in [0.15, 0.2) is 0 Å². The van der Waals surface area contributed by atoms with E-state index in [-0.39, 0.29) is 5.82 Å². The summed E-state index contributed by atoms with van der Waals surface area (Å²) in [6, 6.07) is 19.7. The zero-order valence-corrected chi connectivity index (χ0v) is 16.1. The lowest BCUT2D eigenvalue weighted by atomic mass is 10.1. The van der Waals surface area contributed by atoms with Crippen LogP contribution < -0.4 is 21.9 Å². The average molecular weight is 378 g/mol. The zero-order chi connectivity index (χ0) is 19.9. The first-order chi connectivity index (χ1) is 13.6. The lowest BCUT2D eigenvalue weighted by Gasteiger charge is -2.26. The molecule has 0 unspecified atom stereocenters. The smallest absolute Gasteiger partial charge is 0.330 e. The van der Waals surface area contributed by atoms with E-state index in [0.29, 0.717) is 25.3 Å². The van der Waals surface area contributed by atoms with E-state index < -0.39 is 11.2 Å². The quantitative estimate of drug-likeness (QED) is 0.631. The number of hydrogen-bond acceptors (Lipinski definition) is 4. The highest BCUT2D eigenvalue weighted by atomic mass is 16.2. The molecule has 0 saturated heterocycles. The molecule has 6 heteroatoms. The van der Waals surface area contributed by atoms with Crippen LogP contribution in [0.4, 0.5) is 11.5 Å². The SMILES string of the molecule is CCCN(CCc1ccccc1)c1c(N)n(Cc2ccccc2)c(=O)[nH]c1=O. The predicted octanol–water partition coefficient (Wildman–Crippen LogP) is 2.63. The summed E-state index contributed by atoms with van der Waals surface area (Å²) < 4.78 is 1.43. The van der Waals surface area contributed by atoms with Crippen molar-refractivity contribution in [2.75, 3.05) is 23.7 Å². The van der Waals surface area contributed by atoms with Crippen LogP contribution in [0.1, 0.15) is 24.5 Å². The lowest BCUT2D eigenvalue weighted by molar-refractivity contribution is 0.704. The summed E-state index contributed by atoms with van der Waals surface area (Å²) in [5.41, 5.74) is 7.91. The second kappa shape index (κ2) is 9.08. The molecular formula is C22H26N4O2. The van der Waals surface area contributed by atoms with E-state index >= 15 is 0 Å². The number of nitrogen functional groups attached to an aromatic ring is 1. The Morgan fingerprint density at radius 3 is 2.14 bits per heavy atom. The first-order valence-corrected chi connectivity index (χ1v) is 9.55. The van der Waals surface area contributed by atoms with Gasteiger partial charge in [-0.3, -0.25) is 14.3 Å². The fourth-order valence-corrected chi connectivity index (χ4v) is 3.32. The van der Waals surface area contributed by atoms with E-state index in [4.69, 9.17) is 5.73 Å². The molecule has 6 nitrogen and oxygen atoms in total. The molecule has 2 aromatic carbocycles. The van der Waals surface area contributed by atoms with Crippen LogP contribution in [-0.2, 0) is 13.0 Å². The molecule has 0 fully saturated rings. The summed E-state index contributed by atoms with van der Waals surface area (Å²) >= 11 is 0. The Kier molecular flexibility index (Phi) is 6.32. The number of nitrogens with one attached hydrogen (secondary N) is 1. The fraction of sp³-hybridized carbons (Fsp3) is 0.273. The minimum absolute atomic E-state index is 0.208. The van der Waals surface area contributed by atoms with Gasteiger partial charge >= 0.3 is 5.69 Å². The summed E-state index contributed by atoms with van der Waals surface area (Å²) in [5.74, 6) is 0.208. The number of rotatable bonds is 8. The summed E-state index contributed by atoms with van der Waals surface area (Å²) in [4.78, 5) is 29.4. The van der Waals surface area contributed by atoms with Crippen LogP contribution in [0.25, 0.3) is 0 Å². The van der Waals surface area contributed by atoms with E-state index in [1.54, 1.807) is 0 Å². The van der Waals surface area contributed by atoms with Gasteiger partial charge in [-0.2, -0.15) is 0 Å². The largest absolute Gasteiger partial charge is 0.383 e. The van der Waals surface area contributed by atoms with Crippen molar-refractivity contribution < 1.29 is 0 Å². The van der Waals surface area contributed by atoms with Gasteiger partial charge in [-0.15, -0.1) is 0 Å². The van der Waals surface area contributed by atoms with Gasteiger partial charge in [-0.25, -0.2) is 4.79 Å². The molecule has 0 aliphatic heterocycles. The maximum atomic E-state index is 12.6. The highest BCUT2D eigenvalue weighted by Crippen LogP contribution is 2.18. The number of nitrogens with two attached hydrogens (primary N) is 1. The molecule has 3 rings (SSSR count). The molecule has 0 saturated carbocycles. The zero-order valence-electron chi connectivity index (χ0n) is 16.1. The monoisotopic (exact) mass is 378 g/mol. The minimum atomic E-state index is -0.491. The van der Waals surface area contributed by atoms with Gasteiger partial charge in [0, 0.05) is 13.1 Å². The molecule has 3 aromatic rings. The molecule has 146 valence electrons. The molecule has 0 bridgehead atoms. The number of anilines is 2. The fourth-order valence-electron chi connectivity index (χ4n) is 3.32. The summed E-state index contributed by atoms with van der Waals surface area (Å²) in [7, 11) is 0. The Morgan fingerprint density at radius 1 is 0.929 bits per heavy atom. The topological polar surface area (TPSA) is 84.1 Å². The highest BCUT2D eigenvalue weighted by molar-refractivity contribution is 5.62. The van der Waals surface area contributed by atoms with Crippen LogP contribution in [0.15, 0.2) is 70.3 Å². The van der Waals surface area contributed by atoms with Gasteiger partial charge in [0.25, 0.3) is 5.56 Å². The van der Waals surface area contributed by atoms with Gasteiger partial charge in [0.1, 0.15) is 11.5 Å². The van der Waals surface area contributed by atoms with Crippen LogP contribution in [-0.4, -0.2) is 22.6 Å². The Hall–Kier alpha value is -3.28. The van der Waals surface area contributed by atoms with E-state index in [1.165, 1.54) is 10.1 Å². The van der Waals surface area contributed by atoms with E-state index in [2.05, 4.69) is 24.0 Å². The Bertz CT molecular complexity index is 1010. The normalized spacial score (nSPS) is 10.8. The highest BCUT2D eigenvalue weighted by Gasteiger charge is 2.18. The van der Waals surface area contributed by atoms with E-state index in [1.807, 2.05) is 53.4 Å².